The highest BCUT2D eigenvalue weighted by Crippen LogP contribution is 2.36. The number of fused-ring (bicyclic) bond motifs is 1. The van der Waals surface area contributed by atoms with Crippen LogP contribution in [0.15, 0.2) is 53.8 Å². The van der Waals surface area contributed by atoms with Crippen LogP contribution >= 0.6 is 24.0 Å². The highest BCUT2D eigenvalue weighted by molar-refractivity contribution is 8.26. The van der Waals surface area contributed by atoms with Gasteiger partial charge in [-0.1, -0.05) is 68.0 Å². The van der Waals surface area contributed by atoms with Gasteiger partial charge in [0.25, 0.3) is 5.91 Å². The summed E-state index contributed by atoms with van der Waals surface area (Å²) >= 11 is 6.87. The molecular formula is C28H30N4O2S2. The van der Waals surface area contributed by atoms with Crippen LogP contribution in [0.1, 0.15) is 49.3 Å². The molecule has 2 saturated heterocycles. The Morgan fingerprint density at radius 3 is 2.67 bits per heavy atom. The lowest BCUT2D eigenvalue weighted by Gasteiger charge is -2.21. The zero-order valence-electron chi connectivity index (χ0n) is 20.5. The summed E-state index contributed by atoms with van der Waals surface area (Å²) in [7, 11) is 0. The SMILES string of the molecule is CCc1cccc2c(/C=C3\SC(=S)N(Cc4cccnc4)C3=O)cn(CC(=O)N3CCCCCC3)c12. The van der Waals surface area contributed by atoms with Crippen molar-refractivity contribution >= 4 is 57.1 Å². The number of hydrogen-bond acceptors (Lipinski definition) is 5. The van der Waals surface area contributed by atoms with Crippen molar-refractivity contribution in [2.24, 2.45) is 0 Å². The van der Waals surface area contributed by atoms with E-state index < -0.39 is 0 Å². The van der Waals surface area contributed by atoms with E-state index in [0.717, 1.165) is 54.4 Å². The van der Waals surface area contributed by atoms with E-state index >= 15 is 0 Å². The van der Waals surface area contributed by atoms with E-state index in [1.54, 1.807) is 17.3 Å². The fraction of sp³-hybridized carbons (Fsp3) is 0.357. The summed E-state index contributed by atoms with van der Waals surface area (Å²) in [5.41, 5.74) is 4.14. The fourth-order valence-electron chi connectivity index (χ4n) is 5.01. The van der Waals surface area contributed by atoms with Crippen LogP contribution in [0.3, 0.4) is 0 Å². The fourth-order valence-corrected chi connectivity index (χ4v) is 6.25. The number of aryl methyl sites for hydroxylation is 1. The maximum Gasteiger partial charge on any atom is 0.266 e. The Hall–Kier alpha value is -2.97. The summed E-state index contributed by atoms with van der Waals surface area (Å²) in [5.74, 6) is 0.0658. The number of benzene rings is 1. The second kappa shape index (κ2) is 11.0. The molecule has 2 aliphatic rings. The molecule has 0 spiro atoms. The van der Waals surface area contributed by atoms with Crippen molar-refractivity contribution < 1.29 is 9.59 Å². The predicted octanol–water partition coefficient (Wildman–Crippen LogP) is 5.40. The van der Waals surface area contributed by atoms with Crippen molar-refractivity contribution in [1.29, 1.82) is 0 Å². The summed E-state index contributed by atoms with van der Waals surface area (Å²) in [6.45, 7) is 4.52. The molecule has 0 radical (unpaired) electrons. The van der Waals surface area contributed by atoms with Gasteiger partial charge in [-0.05, 0) is 42.5 Å². The number of aromatic nitrogens is 2. The minimum Gasteiger partial charge on any atom is -0.341 e. The summed E-state index contributed by atoms with van der Waals surface area (Å²) in [4.78, 5) is 34.9. The molecule has 2 aliphatic heterocycles. The van der Waals surface area contributed by atoms with Gasteiger partial charge >= 0.3 is 0 Å². The van der Waals surface area contributed by atoms with Crippen LogP contribution in [0.2, 0.25) is 0 Å². The summed E-state index contributed by atoms with van der Waals surface area (Å²) in [6, 6.07) is 10.0. The molecule has 4 heterocycles. The standard InChI is InChI=1S/C28H30N4O2S2/c1-2-21-10-7-11-23-22(18-31(26(21)23)19-25(33)30-13-5-3-4-6-14-30)15-24-27(34)32(28(35)36-24)17-20-9-8-12-29-16-20/h7-12,15-16,18H,2-6,13-14,17,19H2,1H3/b24-15-. The number of carbonyl (C=O) groups is 2. The molecule has 2 aromatic heterocycles. The maximum absolute atomic E-state index is 13.3. The van der Waals surface area contributed by atoms with Crippen molar-refractivity contribution in [3.05, 3.63) is 70.5 Å². The van der Waals surface area contributed by atoms with Gasteiger partial charge < -0.3 is 9.47 Å². The Labute approximate surface area is 221 Å². The van der Waals surface area contributed by atoms with E-state index in [2.05, 4.69) is 28.6 Å². The second-order valence-electron chi connectivity index (χ2n) is 9.30. The normalized spacial score (nSPS) is 17.9. The largest absolute Gasteiger partial charge is 0.341 e. The molecule has 1 aromatic carbocycles. The first-order valence-electron chi connectivity index (χ1n) is 12.6. The third kappa shape index (κ3) is 5.11. The summed E-state index contributed by atoms with van der Waals surface area (Å²) in [5, 5.41) is 1.05. The first-order chi connectivity index (χ1) is 17.5. The monoisotopic (exact) mass is 518 g/mol. The number of pyridine rings is 1. The minimum absolute atomic E-state index is 0.0953. The van der Waals surface area contributed by atoms with Crippen molar-refractivity contribution in [3.63, 3.8) is 0 Å². The van der Waals surface area contributed by atoms with Crippen LogP contribution in [0.5, 0.6) is 0 Å². The zero-order valence-corrected chi connectivity index (χ0v) is 22.1. The van der Waals surface area contributed by atoms with Crippen LogP contribution in [-0.4, -0.2) is 48.6 Å². The number of nitrogens with zero attached hydrogens (tertiary/aromatic N) is 4. The number of likely N-dealkylation sites (tertiary alicyclic amines) is 1. The average molecular weight is 519 g/mol. The molecule has 0 bridgehead atoms. The molecule has 2 amide bonds. The highest BCUT2D eigenvalue weighted by Gasteiger charge is 2.32. The van der Waals surface area contributed by atoms with E-state index in [4.69, 9.17) is 12.2 Å². The van der Waals surface area contributed by atoms with E-state index in [1.165, 1.54) is 30.2 Å². The van der Waals surface area contributed by atoms with Gasteiger partial charge in [-0.25, -0.2) is 0 Å². The number of amides is 2. The topological polar surface area (TPSA) is 58.4 Å². The third-order valence-corrected chi connectivity index (χ3v) is 8.26. The highest BCUT2D eigenvalue weighted by atomic mass is 32.2. The first kappa shape index (κ1) is 24.7. The molecule has 0 atom stereocenters. The van der Waals surface area contributed by atoms with Gasteiger partial charge in [0, 0.05) is 42.6 Å². The number of carbonyl (C=O) groups excluding carboxylic acids is 2. The number of hydrogen-bond donors (Lipinski definition) is 0. The molecular weight excluding hydrogens is 488 g/mol. The molecule has 8 heteroatoms. The summed E-state index contributed by atoms with van der Waals surface area (Å²) < 4.78 is 2.62. The Bertz CT molecular complexity index is 1320. The van der Waals surface area contributed by atoms with E-state index in [1.807, 2.05) is 35.4 Å². The molecule has 2 fully saturated rings. The van der Waals surface area contributed by atoms with Crippen LogP contribution in [0.4, 0.5) is 0 Å². The molecule has 5 rings (SSSR count). The van der Waals surface area contributed by atoms with Gasteiger partial charge in [-0.3, -0.25) is 19.5 Å². The van der Waals surface area contributed by atoms with Crippen LogP contribution in [-0.2, 0) is 29.1 Å². The lowest BCUT2D eigenvalue weighted by atomic mass is 10.1. The number of thiocarbonyl (C=S) groups is 1. The number of rotatable bonds is 6. The molecule has 36 heavy (non-hydrogen) atoms. The second-order valence-corrected chi connectivity index (χ2v) is 11.0. The molecule has 186 valence electrons. The Balaban J connectivity index is 1.46. The molecule has 0 saturated carbocycles. The van der Waals surface area contributed by atoms with Gasteiger partial charge in [0.15, 0.2) is 0 Å². The number of para-hydroxylation sites is 1. The molecule has 0 N–H and O–H groups in total. The molecule has 0 unspecified atom stereocenters. The summed E-state index contributed by atoms with van der Waals surface area (Å²) in [6.07, 6.45) is 12.8. The van der Waals surface area contributed by atoms with E-state index in [9.17, 15) is 9.59 Å². The van der Waals surface area contributed by atoms with Gasteiger partial charge in [0.05, 0.1) is 17.0 Å². The van der Waals surface area contributed by atoms with E-state index in [0.29, 0.717) is 22.3 Å². The zero-order chi connectivity index (χ0) is 25.1. The van der Waals surface area contributed by atoms with Crippen molar-refractivity contribution in [2.75, 3.05) is 13.1 Å². The predicted molar refractivity (Wildman–Crippen MR) is 149 cm³/mol. The molecule has 0 aliphatic carbocycles. The average Bonchev–Trinajstić information content (AvgIpc) is 3.20. The smallest absolute Gasteiger partial charge is 0.266 e. The lowest BCUT2D eigenvalue weighted by molar-refractivity contribution is -0.131. The molecule has 6 nitrogen and oxygen atoms in total. The van der Waals surface area contributed by atoms with Gasteiger partial charge in [0.1, 0.15) is 10.9 Å². The van der Waals surface area contributed by atoms with Gasteiger partial charge in [-0.2, -0.15) is 0 Å². The van der Waals surface area contributed by atoms with Crippen molar-refractivity contribution in [3.8, 4) is 0 Å². The van der Waals surface area contributed by atoms with Crippen LogP contribution < -0.4 is 0 Å². The molecule has 3 aromatic rings. The van der Waals surface area contributed by atoms with Crippen LogP contribution in [0.25, 0.3) is 17.0 Å². The first-order valence-corrected chi connectivity index (χ1v) is 13.8. The number of thioether (sulfide) groups is 1. The Morgan fingerprint density at radius 2 is 1.94 bits per heavy atom. The third-order valence-electron chi connectivity index (χ3n) is 6.88. The van der Waals surface area contributed by atoms with Crippen LogP contribution in [0, 0.1) is 0 Å². The Morgan fingerprint density at radius 1 is 1.14 bits per heavy atom. The Kier molecular flexibility index (Phi) is 7.53. The van der Waals surface area contributed by atoms with E-state index in [-0.39, 0.29) is 11.8 Å². The quantitative estimate of drug-likeness (QED) is 0.323. The van der Waals surface area contributed by atoms with Gasteiger partial charge in [0.2, 0.25) is 5.91 Å². The maximum atomic E-state index is 13.3. The van der Waals surface area contributed by atoms with Gasteiger partial charge in [-0.15, -0.1) is 0 Å². The van der Waals surface area contributed by atoms with Crippen molar-refractivity contribution in [1.82, 2.24) is 19.4 Å². The lowest BCUT2D eigenvalue weighted by Crippen LogP contribution is -2.34. The van der Waals surface area contributed by atoms with Crippen molar-refractivity contribution in [2.45, 2.75) is 52.1 Å². The minimum atomic E-state index is -0.0953.